The van der Waals surface area contributed by atoms with Crippen LogP contribution in [0.2, 0.25) is 0 Å². The van der Waals surface area contributed by atoms with Gasteiger partial charge in [0.05, 0.1) is 39.3 Å². The van der Waals surface area contributed by atoms with Crippen LogP contribution in [0.25, 0.3) is 102 Å². The van der Waals surface area contributed by atoms with Crippen LogP contribution in [0.3, 0.4) is 0 Å². The number of halogens is 1. The lowest BCUT2D eigenvalue weighted by molar-refractivity contribution is -0.139. The Bertz CT molecular complexity index is 4970. The van der Waals surface area contributed by atoms with Crippen molar-refractivity contribution in [1.29, 1.82) is 0 Å². The van der Waals surface area contributed by atoms with Crippen LogP contribution in [0.4, 0.5) is 4.39 Å². The van der Waals surface area contributed by atoms with Crippen molar-refractivity contribution < 1.29 is 61.9 Å². The van der Waals surface area contributed by atoms with Crippen LogP contribution >= 0.6 is 0 Å². The largest absolute Gasteiger partial charge is 0.481 e. The third-order valence-electron chi connectivity index (χ3n) is 17.6. The molecule has 12 rings (SSSR count). The molecule has 0 atom stereocenters. The molecule has 106 heavy (non-hydrogen) atoms. The summed E-state index contributed by atoms with van der Waals surface area (Å²) in [6.07, 6.45) is 1.86. The van der Waals surface area contributed by atoms with Gasteiger partial charge in [-0.15, -0.1) is 0 Å². The number of aryl methyl sites for hydroxylation is 3. The van der Waals surface area contributed by atoms with Crippen LogP contribution in [0, 0.1) is 12.7 Å². The molecule has 0 bridgehead atoms. The minimum Gasteiger partial charge on any atom is -0.481 e. The predicted octanol–water partition coefficient (Wildman–Crippen LogP) is 16.2. The third-order valence-corrected chi connectivity index (χ3v) is 17.6. The first-order valence-electron chi connectivity index (χ1n) is 34.6. The van der Waals surface area contributed by atoms with Crippen molar-refractivity contribution in [2.24, 2.45) is 0 Å². The molecule has 0 radical (unpaired) electrons. The lowest BCUT2D eigenvalue weighted by atomic mass is 9.93. The summed E-state index contributed by atoms with van der Waals surface area (Å²) in [4.78, 5) is 51.7. The van der Waals surface area contributed by atoms with Gasteiger partial charge in [0.1, 0.15) is 5.82 Å². The zero-order chi connectivity index (χ0) is 75.2. The summed E-state index contributed by atoms with van der Waals surface area (Å²) < 4.78 is 47.6. The van der Waals surface area contributed by atoms with Crippen molar-refractivity contribution in [2.45, 2.75) is 79.5 Å². The molecule has 0 aliphatic rings. The fourth-order valence-electron chi connectivity index (χ4n) is 12.5. The maximum absolute atomic E-state index is 14.4. The molecule has 3 heterocycles. The molecule has 546 valence electrons. The van der Waals surface area contributed by atoms with Gasteiger partial charge in [0.2, 0.25) is 17.5 Å². The number of aliphatic carboxylic acids is 3. The monoisotopic (exact) mass is 1430 g/mol. The maximum atomic E-state index is 14.4. The Kier molecular flexibility index (Phi) is 27.1. The highest BCUT2D eigenvalue weighted by molar-refractivity contribution is 5.78. The summed E-state index contributed by atoms with van der Waals surface area (Å²) in [6.45, 7) is 9.28. The van der Waals surface area contributed by atoms with Gasteiger partial charge in [-0.3, -0.25) is 24.2 Å². The summed E-state index contributed by atoms with van der Waals surface area (Å²) >= 11 is 0. The number of nitrogens with zero attached hydrogens (tertiary/aromatic N) is 9. The Hall–Kier alpha value is -11.5. The van der Waals surface area contributed by atoms with Gasteiger partial charge in [0.15, 0.2) is 0 Å². The summed E-state index contributed by atoms with van der Waals surface area (Å²) in [5, 5.41) is 39.3. The van der Waals surface area contributed by atoms with Crippen LogP contribution in [0.1, 0.15) is 70.3 Å². The highest BCUT2D eigenvalue weighted by Crippen LogP contribution is 2.37. The lowest BCUT2D eigenvalue weighted by Crippen LogP contribution is -2.25. The average Bonchev–Trinajstić information content (AvgIpc) is 1.81. The number of aromatic nitrogens is 6. The van der Waals surface area contributed by atoms with Crippen LogP contribution in [-0.4, -0.2) is 140 Å². The molecule has 22 heteroatoms. The van der Waals surface area contributed by atoms with Crippen LogP contribution in [0.5, 0.6) is 0 Å². The second-order valence-corrected chi connectivity index (χ2v) is 25.7. The Balaban J connectivity index is 0.000000170. The van der Waals surface area contributed by atoms with Crippen molar-refractivity contribution in [3.63, 3.8) is 0 Å². The highest BCUT2D eigenvalue weighted by Gasteiger charge is 2.21. The van der Waals surface area contributed by atoms with Crippen molar-refractivity contribution in [3.05, 3.63) is 250 Å². The number of benzene rings is 9. The third kappa shape index (κ3) is 20.5. The zero-order valence-corrected chi connectivity index (χ0v) is 60.9. The van der Waals surface area contributed by atoms with E-state index < -0.39 is 17.9 Å². The lowest BCUT2D eigenvalue weighted by Gasteiger charge is -2.16. The van der Waals surface area contributed by atoms with Crippen molar-refractivity contribution in [1.82, 2.24) is 45.1 Å². The van der Waals surface area contributed by atoms with Crippen LogP contribution < -0.4 is 0 Å². The van der Waals surface area contributed by atoms with E-state index in [2.05, 4.69) is 112 Å². The van der Waals surface area contributed by atoms with Gasteiger partial charge in [-0.2, -0.15) is 15.0 Å². The topological polar surface area (TPSA) is 266 Å². The van der Waals surface area contributed by atoms with Gasteiger partial charge >= 0.3 is 17.9 Å². The molecular weight excluding hydrogens is 1350 g/mol. The summed E-state index contributed by atoms with van der Waals surface area (Å²) in [6, 6.07) is 63.2. The summed E-state index contributed by atoms with van der Waals surface area (Å²) in [7, 11) is 10.3. The first-order valence-corrected chi connectivity index (χ1v) is 34.6. The normalized spacial score (nSPS) is 11.2. The molecule has 3 aromatic heterocycles. The van der Waals surface area contributed by atoms with E-state index >= 15 is 0 Å². The average molecular weight is 1430 g/mol. The number of carboxylic acids is 3. The number of hydrogen-bond donors (Lipinski definition) is 3. The van der Waals surface area contributed by atoms with Gasteiger partial charge in [-0.05, 0) is 186 Å². The fourth-order valence-corrected chi connectivity index (χ4v) is 12.5. The molecule has 9 aromatic carbocycles. The zero-order valence-electron chi connectivity index (χ0n) is 60.9. The Morgan fingerprint density at radius 2 is 0.764 bits per heavy atom. The van der Waals surface area contributed by atoms with Crippen molar-refractivity contribution in [3.8, 4) is 102 Å². The Labute approximate surface area is 615 Å². The van der Waals surface area contributed by atoms with Gasteiger partial charge < -0.3 is 48.0 Å². The van der Waals surface area contributed by atoms with E-state index in [4.69, 9.17) is 43.1 Å². The minimum absolute atomic E-state index is 0.0140. The molecule has 0 fully saturated rings. The number of methoxy groups -OCH3 is 3. The standard InChI is InChI=1S/C29H30FN3O4.C28H29N3O4.C27H27N3O4/c1-4-19-7-5-6-8-24(19)25-11-9-21(16-23(25)18-36-3)29-31-28(32-37-29)20-10-12-26(30)22(15-20)17-33(2)14-13-27(34)35;1-4-20-9-5-6-11-24(20)25-13-12-22(15-23(25)18-34-3)28-29-27(30-35-28)21-10-7-8-19(14-21)16-31(2)17-26(32)33;1-18-7-4-5-10-23(18)24-12-11-21(14-22(24)17-33-3)27-28-26(29-34-27)20-9-6-8-19(13-20)15-30(2)16-25(31)32/h5-12,15-16H,4,13-14,17-18H2,1-3H3,(H,34,35);5-15H,4,16-18H2,1-3H3,(H,32,33);4-14H,15-17H2,1-3H3,(H,31,32). The molecule has 0 aliphatic heterocycles. The molecule has 0 aliphatic carbocycles. The maximum Gasteiger partial charge on any atom is 0.317 e. The fraction of sp³-hybridized carbons (Fsp3) is 0.250. The summed E-state index contributed by atoms with van der Waals surface area (Å²) in [5.74, 6) is -0.460. The SMILES string of the molecule is CCc1ccccc1-c1ccc(-c2nc(-c3ccc(F)c(CN(C)CCC(=O)O)c3)no2)cc1COC.CCc1ccccc1-c1ccc(-c2nc(-c3cccc(CN(C)CC(=O)O)c3)no2)cc1COC.COCc1cc(-c2nc(-c3cccc(CN(C)CC(=O)O)c3)no2)ccc1-c1ccccc1C. The van der Waals surface area contributed by atoms with Crippen LogP contribution in [0.15, 0.2) is 208 Å². The van der Waals surface area contributed by atoms with E-state index in [0.717, 1.165) is 90.7 Å². The van der Waals surface area contributed by atoms with E-state index in [-0.39, 0.29) is 31.9 Å². The van der Waals surface area contributed by atoms with E-state index in [1.807, 2.05) is 115 Å². The number of carbonyl (C=O) groups is 3. The van der Waals surface area contributed by atoms with E-state index in [1.165, 1.54) is 33.9 Å². The molecule has 21 nitrogen and oxygen atoms in total. The smallest absolute Gasteiger partial charge is 0.317 e. The number of ether oxygens (including phenoxy) is 3. The van der Waals surface area contributed by atoms with E-state index in [9.17, 15) is 18.8 Å². The molecule has 0 saturated heterocycles. The minimum atomic E-state index is -0.892. The van der Waals surface area contributed by atoms with Gasteiger partial charge in [-0.1, -0.05) is 157 Å². The van der Waals surface area contributed by atoms with Crippen LogP contribution in [-0.2, 0) is 80.9 Å². The Morgan fingerprint density at radius 1 is 0.396 bits per heavy atom. The molecule has 0 unspecified atom stereocenters. The van der Waals surface area contributed by atoms with Gasteiger partial charge in [-0.25, -0.2) is 4.39 Å². The number of carboxylic acid groups (broad SMARTS) is 3. The number of likely N-dealkylation sites (N-methyl/N-ethyl adjacent to an activating group) is 2. The molecule has 0 spiro atoms. The predicted molar refractivity (Wildman–Crippen MR) is 404 cm³/mol. The first-order chi connectivity index (χ1) is 51.3. The second-order valence-electron chi connectivity index (χ2n) is 25.7. The number of hydrogen-bond acceptors (Lipinski definition) is 18. The van der Waals surface area contributed by atoms with Gasteiger partial charge in [0, 0.05) is 86.5 Å². The molecule has 3 N–H and O–H groups in total. The molecule has 12 aromatic rings. The molecule has 0 saturated carbocycles. The van der Waals surface area contributed by atoms with E-state index in [1.54, 1.807) is 69.3 Å². The van der Waals surface area contributed by atoms with E-state index in [0.29, 0.717) is 85.7 Å². The highest BCUT2D eigenvalue weighted by atomic mass is 19.1. The number of rotatable bonds is 30. The van der Waals surface area contributed by atoms with Crippen molar-refractivity contribution in [2.75, 3.05) is 62.1 Å². The molecule has 0 amide bonds. The Morgan fingerprint density at radius 3 is 1.16 bits per heavy atom. The second kappa shape index (κ2) is 37.3. The van der Waals surface area contributed by atoms with Gasteiger partial charge in [0.25, 0.3) is 17.7 Å². The quantitative estimate of drug-likeness (QED) is 0.0378. The van der Waals surface area contributed by atoms with Crippen molar-refractivity contribution >= 4 is 17.9 Å². The first kappa shape index (κ1) is 77.1. The summed E-state index contributed by atoms with van der Waals surface area (Å²) in [5.41, 5.74) is 20.7. The molecular formula is C84H86FN9O12.